The Hall–Kier alpha value is -2.18. The molecule has 0 saturated carbocycles. The molecule has 0 fully saturated rings. The predicted octanol–water partition coefficient (Wildman–Crippen LogP) is 1.76. The van der Waals surface area contributed by atoms with E-state index in [1.54, 1.807) is 30.3 Å². The molecule has 2 rings (SSSR count). The van der Waals surface area contributed by atoms with Gasteiger partial charge < -0.3 is 20.1 Å². The molecule has 0 amide bonds. The smallest absolute Gasteiger partial charge is 0.365 e. The number of carbonyl (C=O) groups is 1. The van der Waals surface area contributed by atoms with Crippen molar-refractivity contribution in [3.63, 3.8) is 0 Å². The summed E-state index contributed by atoms with van der Waals surface area (Å²) in [7, 11) is 0. The Kier molecular flexibility index (Phi) is 4.40. The van der Waals surface area contributed by atoms with Gasteiger partial charge >= 0.3 is 5.97 Å². The zero-order valence-corrected chi connectivity index (χ0v) is 12.2. The van der Waals surface area contributed by atoms with Crippen LogP contribution in [-0.2, 0) is 15.3 Å². The maximum atomic E-state index is 12.4. The summed E-state index contributed by atoms with van der Waals surface area (Å²) in [4.78, 5) is 13.7. The number of rotatable bonds is 5. The van der Waals surface area contributed by atoms with Crippen LogP contribution in [0.15, 0.2) is 49.6 Å². The van der Waals surface area contributed by atoms with E-state index in [9.17, 15) is 9.90 Å². The van der Waals surface area contributed by atoms with Crippen LogP contribution in [0.4, 0.5) is 5.69 Å². The van der Waals surface area contributed by atoms with Crippen LogP contribution >= 0.6 is 12.2 Å². The van der Waals surface area contributed by atoms with Crippen molar-refractivity contribution in [3.05, 3.63) is 55.1 Å². The average molecular weight is 304 g/mol. The van der Waals surface area contributed by atoms with Crippen LogP contribution in [0.3, 0.4) is 0 Å². The molecule has 5 nitrogen and oxygen atoms in total. The number of ether oxygens (including phenoxy) is 1. The number of nitrogens with zero attached hydrogens (tertiary/aromatic N) is 1. The number of fused-ring (bicyclic) bond motifs is 1. The summed E-state index contributed by atoms with van der Waals surface area (Å²) in [6, 6.07) is 6.90. The topological polar surface area (TPSA) is 61.8 Å². The number of nitrogens with one attached hydrogen (secondary N) is 1. The van der Waals surface area contributed by atoms with E-state index < -0.39 is 11.7 Å². The third-order valence-electron chi connectivity index (χ3n) is 3.11. The lowest BCUT2D eigenvalue weighted by Crippen LogP contribution is -2.59. The van der Waals surface area contributed by atoms with E-state index in [2.05, 4.69) is 18.5 Å². The summed E-state index contributed by atoms with van der Waals surface area (Å²) < 4.78 is 5.05. The third-order valence-corrected chi connectivity index (χ3v) is 3.43. The highest BCUT2D eigenvalue weighted by molar-refractivity contribution is 7.80. The lowest BCUT2D eigenvalue weighted by Gasteiger charge is -2.43. The number of anilines is 1. The van der Waals surface area contributed by atoms with Gasteiger partial charge in [0.1, 0.15) is 6.61 Å². The van der Waals surface area contributed by atoms with Gasteiger partial charge in [-0.15, -0.1) is 6.58 Å². The largest absolute Gasteiger partial charge is 0.458 e. The van der Waals surface area contributed by atoms with E-state index in [1.807, 2.05) is 0 Å². The summed E-state index contributed by atoms with van der Waals surface area (Å²) in [6.45, 7) is 7.31. The van der Waals surface area contributed by atoms with Gasteiger partial charge in [-0.2, -0.15) is 0 Å². The second kappa shape index (κ2) is 6.07. The Morgan fingerprint density at radius 1 is 1.43 bits per heavy atom. The summed E-state index contributed by atoms with van der Waals surface area (Å²) in [5.41, 5.74) is -1.04. The molecule has 1 aromatic carbocycles. The molecule has 1 atom stereocenters. The number of thiocarbonyl (C=S) groups is 1. The van der Waals surface area contributed by atoms with Gasteiger partial charge in [0, 0.05) is 17.8 Å². The first kappa shape index (κ1) is 15.2. The zero-order valence-electron chi connectivity index (χ0n) is 11.4. The normalized spacial score (nSPS) is 20.2. The van der Waals surface area contributed by atoms with Crippen molar-refractivity contribution in [3.8, 4) is 0 Å². The molecule has 6 heteroatoms. The Morgan fingerprint density at radius 3 is 2.81 bits per heavy atom. The van der Waals surface area contributed by atoms with Crippen molar-refractivity contribution in [2.75, 3.05) is 18.5 Å². The summed E-state index contributed by atoms with van der Waals surface area (Å²) >= 11 is 5.23. The van der Waals surface area contributed by atoms with Gasteiger partial charge in [-0.05, 0) is 18.3 Å². The van der Waals surface area contributed by atoms with Gasteiger partial charge in [0.2, 0.25) is 0 Å². The van der Waals surface area contributed by atoms with Crippen LogP contribution in [0, 0.1) is 0 Å². The lowest BCUT2D eigenvalue weighted by molar-refractivity contribution is -0.182. The van der Waals surface area contributed by atoms with E-state index in [0.29, 0.717) is 11.3 Å². The highest BCUT2D eigenvalue weighted by Gasteiger charge is 2.50. The molecule has 0 aromatic heterocycles. The number of aliphatic hydroxyl groups is 1. The van der Waals surface area contributed by atoms with Crippen LogP contribution in [0.1, 0.15) is 5.56 Å². The molecular formula is C15H16N2O3S. The number of esters is 1. The molecule has 1 aliphatic heterocycles. The van der Waals surface area contributed by atoms with Crippen LogP contribution in [-0.4, -0.2) is 34.2 Å². The first-order chi connectivity index (χ1) is 10.1. The molecule has 1 aliphatic rings. The van der Waals surface area contributed by atoms with Crippen molar-refractivity contribution in [2.45, 2.75) is 5.72 Å². The molecule has 0 saturated heterocycles. The molecular weight excluding hydrogens is 288 g/mol. The Balaban J connectivity index is 2.53. The Morgan fingerprint density at radius 2 is 2.14 bits per heavy atom. The molecule has 0 radical (unpaired) electrons. The first-order valence-electron chi connectivity index (χ1n) is 6.35. The number of hydrogen-bond acceptors (Lipinski definition) is 4. The Bertz CT molecular complexity index is 602. The standard InChI is InChI=1S/C15H16N2O3S/c1-3-9-17-14(21)16-12-8-6-5-7-11(12)15(17,19)13(18)20-10-4-2/h3-8,19H,1-2,9-10H2,(H,16,21)/t15-/m1/s1. The third kappa shape index (κ3) is 2.55. The fourth-order valence-electron chi connectivity index (χ4n) is 2.17. The minimum Gasteiger partial charge on any atom is -0.458 e. The van der Waals surface area contributed by atoms with Gasteiger partial charge in [-0.3, -0.25) is 0 Å². The number of carbonyl (C=O) groups excluding carboxylic acids is 1. The fraction of sp³-hybridized carbons (Fsp3) is 0.200. The van der Waals surface area contributed by atoms with E-state index in [-0.39, 0.29) is 18.3 Å². The average Bonchev–Trinajstić information content (AvgIpc) is 2.49. The molecule has 1 heterocycles. The van der Waals surface area contributed by atoms with Gasteiger partial charge in [-0.25, -0.2) is 4.79 Å². The monoisotopic (exact) mass is 304 g/mol. The lowest BCUT2D eigenvalue weighted by atomic mass is 9.96. The highest BCUT2D eigenvalue weighted by atomic mass is 32.1. The van der Waals surface area contributed by atoms with Gasteiger partial charge in [-0.1, -0.05) is 36.9 Å². The first-order valence-corrected chi connectivity index (χ1v) is 6.76. The van der Waals surface area contributed by atoms with Gasteiger partial charge in [0.05, 0.1) is 0 Å². The SMILES string of the molecule is C=CCOC(=O)[C@]1(O)c2ccccc2NC(=S)N1CC=C. The quantitative estimate of drug-likeness (QED) is 0.491. The second-order valence-corrected chi connectivity index (χ2v) is 4.82. The molecule has 21 heavy (non-hydrogen) atoms. The minimum absolute atomic E-state index is 0.00539. The number of hydrogen-bond donors (Lipinski definition) is 2. The predicted molar refractivity (Wildman–Crippen MR) is 84.6 cm³/mol. The molecule has 2 N–H and O–H groups in total. The van der Waals surface area contributed by atoms with Crippen LogP contribution in [0.2, 0.25) is 0 Å². The molecule has 0 unspecified atom stereocenters. The van der Waals surface area contributed by atoms with Gasteiger partial charge in [0.15, 0.2) is 5.11 Å². The number of benzene rings is 1. The van der Waals surface area contributed by atoms with E-state index >= 15 is 0 Å². The van der Waals surface area contributed by atoms with Crippen molar-refractivity contribution in [1.29, 1.82) is 0 Å². The minimum atomic E-state index is -1.99. The van der Waals surface area contributed by atoms with Crippen molar-refractivity contribution in [2.24, 2.45) is 0 Å². The van der Waals surface area contributed by atoms with E-state index in [4.69, 9.17) is 17.0 Å². The zero-order chi connectivity index (χ0) is 15.5. The molecule has 110 valence electrons. The van der Waals surface area contributed by atoms with Crippen LogP contribution in [0.5, 0.6) is 0 Å². The maximum Gasteiger partial charge on any atom is 0.365 e. The molecule has 1 aromatic rings. The highest BCUT2D eigenvalue weighted by Crippen LogP contribution is 2.37. The van der Waals surface area contributed by atoms with Crippen molar-refractivity contribution in [1.82, 2.24) is 4.90 Å². The van der Waals surface area contributed by atoms with Gasteiger partial charge in [0.25, 0.3) is 5.72 Å². The Labute approximate surface area is 128 Å². The second-order valence-electron chi connectivity index (χ2n) is 4.43. The maximum absolute atomic E-state index is 12.4. The molecule has 0 bridgehead atoms. The van der Waals surface area contributed by atoms with Crippen molar-refractivity contribution >= 4 is 29.0 Å². The van der Waals surface area contributed by atoms with Crippen LogP contribution in [0.25, 0.3) is 0 Å². The van der Waals surface area contributed by atoms with Crippen molar-refractivity contribution < 1.29 is 14.6 Å². The summed E-state index contributed by atoms with van der Waals surface area (Å²) in [5.74, 6) is -0.805. The molecule has 0 spiro atoms. The molecule has 0 aliphatic carbocycles. The van der Waals surface area contributed by atoms with E-state index in [0.717, 1.165) is 0 Å². The fourth-order valence-corrected chi connectivity index (χ4v) is 2.49. The van der Waals surface area contributed by atoms with E-state index in [1.165, 1.54) is 11.0 Å². The summed E-state index contributed by atoms with van der Waals surface area (Å²) in [5, 5.41) is 14.2. The summed E-state index contributed by atoms with van der Waals surface area (Å²) in [6.07, 6.45) is 2.98. The van der Waals surface area contributed by atoms with Crippen LogP contribution < -0.4 is 5.32 Å². The number of para-hydroxylation sites is 1.